The fourth-order valence-electron chi connectivity index (χ4n) is 3.09. The predicted molar refractivity (Wildman–Crippen MR) is 77.2 cm³/mol. The molecule has 2 saturated heterocycles. The Bertz CT molecular complexity index is 547. The van der Waals surface area contributed by atoms with Crippen molar-refractivity contribution in [2.45, 2.75) is 18.9 Å². The van der Waals surface area contributed by atoms with Crippen LogP contribution < -0.4 is 5.32 Å². The molecule has 2 heterocycles. The van der Waals surface area contributed by atoms with E-state index in [0.717, 1.165) is 38.1 Å². The van der Waals surface area contributed by atoms with Crippen molar-refractivity contribution in [3.05, 3.63) is 35.4 Å². The van der Waals surface area contributed by atoms with Crippen LogP contribution in [0.15, 0.2) is 18.2 Å². The summed E-state index contributed by atoms with van der Waals surface area (Å²) in [5.74, 6) is -1.55. The third-order valence-electron chi connectivity index (χ3n) is 4.38. The van der Waals surface area contributed by atoms with Crippen LogP contribution in [-0.2, 0) is 9.53 Å². The van der Waals surface area contributed by atoms with E-state index < -0.39 is 17.7 Å². The zero-order valence-corrected chi connectivity index (χ0v) is 12.4. The Kier molecular flexibility index (Phi) is 4.69. The summed E-state index contributed by atoms with van der Waals surface area (Å²) in [6.45, 7) is 3.11. The summed E-state index contributed by atoms with van der Waals surface area (Å²) in [4.78, 5) is 14.4. The van der Waals surface area contributed by atoms with Crippen molar-refractivity contribution in [2.75, 3.05) is 32.8 Å². The number of carbonyl (C=O) groups is 1. The average molecular weight is 310 g/mol. The van der Waals surface area contributed by atoms with E-state index in [1.54, 1.807) is 4.90 Å². The summed E-state index contributed by atoms with van der Waals surface area (Å²) in [5, 5.41) is 3.25. The summed E-state index contributed by atoms with van der Waals surface area (Å²) in [5.41, 5.74) is 0.571. The summed E-state index contributed by atoms with van der Waals surface area (Å²) >= 11 is 0. The van der Waals surface area contributed by atoms with Crippen LogP contribution in [-0.4, -0.2) is 43.6 Å². The number of morpholine rings is 1. The Morgan fingerprint density at radius 2 is 2.00 bits per heavy atom. The molecule has 1 amide bonds. The van der Waals surface area contributed by atoms with Crippen LogP contribution in [0, 0.1) is 17.6 Å². The molecule has 0 spiro atoms. The maximum Gasteiger partial charge on any atom is 0.225 e. The summed E-state index contributed by atoms with van der Waals surface area (Å²) < 4.78 is 32.0. The van der Waals surface area contributed by atoms with Crippen LogP contribution in [0.2, 0.25) is 0 Å². The fourth-order valence-corrected chi connectivity index (χ4v) is 3.09. The van der Waals surface area contributed by atoms with Gasteiger partial charge in [0.2, 0.25) is 5.91 Å². The highest BCUT2D eigenvalue weighted by Crippen LogP contribution is 2.26. The Hall–Kier alpha value is -1.53. The first-order valence-corrected chi connectivity index (χ1v) is 7.71. The van der Waals surface area contributed by atoms with Crippen LogP contribution in [0.3, 0.4) is 0 Å². The first kappa shape index (κ1) is 15.4. The number of rotatable bonds is 2. The minimum absolute atomic E-state index is 0.0601. The molecule has 1 aromatic rings. The number of piperidine rings is 1. The predicted octanol–water partition coefficient (Wildman–Crippen LogP) is 1.86. The van der Waals surface area contributed by atoms with Crippen LogP contribution in [0.25, 0.3) is 0 Å². The van der Waals surface area contributed by atoms with Gasteiger partial charge in [0.15, 0.2) is 11.6 Å². The standard InChI is InChI=1S/C16H20F2N2O2/c17-13-2-1-12(9-14(13)18)15-10-20(7-8-22-15)16(21)11-3-5-19-6-4-11/h1-2,9,11,15,19H,3-8,10H2. The molecule has 0 radical (unpaired) electrons. The molecule has 2 aliphatic rings. The van der Waals surface area contributed by atoms with Crippen molar-refractivity contribution in [3.8, 4) is 0 Å². The maximum atomic E-state index is 13.4. The second kappa shape index (κ2) is 6.71. The lowest BCUT2D eigenvalue weighted by Gasteiger charge is -2.36. The van der Waals surface area contributed by atoms with Gasteiger partial charge in [0.05, 0.1) is 13.2 Å². The van der Waals surface area contributed by atoms with E-state index in [4.69, 9.17) is 4.74 Å². The minimum Gasteiger partial charge on any atom is -0.370 e. The van der Waals surface area contributed by atoms with Gasteiger partial charge in [-0.15, -0.1) is 0 Å². The molecule has 2 aliphatic heterocycles. The fraction of sp³-hybridized carbons (Fsp3) is 0.562. The molecule has 4 nitrogen and oxygen atoms in total. The van der Waals surface area contributed by atoms with E-state index in [2.05, 4.69) is 5.32 Å². The lowest BCUT2D eigenvalue weighted by molar-refractivity contribution is -0.144. The van der Waals surface area contributed by atoms with Crippen molar-refractivity contribution < 1.29 is 18.3 Å². The molecular formula is C16H20F2N2O2. The van der Waals surface area contributed by atoms with E-state index >= 15 is 0 Å². The monoisotopic (exact) mass is 310 g/mol. The molecule has 6 heteroatoms. The first-order chi connectivity index (χ1) is 10.6. The lowest BCUT2D eigenvalue weighted by atomic mass is 9.96. The smallest absolute Gasteiger partial charge is 0.225 e. The third kappa shape index (κ3) is 3.28. The van der Waals surface area contributed by atoms with Crippen LogP contribution in [0.1, 0.15) is 24.5 Å². The van der Waals surface area contributed by atoms with Crippen molar-refractivity contribution in [1.82, 2.24) is 10.2 Å². The summed E-state index contributed by atoms with van der Waals surface area (Å²) in [7, 11) is 0. The number of hydrogen-bond donors (Lipinski definition) is 1. The molecule has 1 aromatic carbocycles. The minimum atomic E-state index is -0.886. The molecule has 1 N–H and O–H groups in total. The highest BCUT2D eigenvalue weighted by molar-refractivity contribution is 5.79. The highest BCUT2D eigenvalue weighted by Gasteiger charge is 2.30. The molecular weight excluding hydrogens is 290 g/mol. The number of amides is 1. The number of carbonyl (C=O) groups excluding carboxylic acids is 1. The quantitative estimate of drug-likeness (QED) is 0.906. The van der Waals surface area contributed by atoms with Crippen LogP contribution in [0.4, 0.5) is 8.78 Å². The second-order valence-corrected chi connectivity index (χ2v) is 5.84. The number of halogens is 2. The second-order valence-electron chi connectivity index (χ2n) is 5.84. The SMILES string of the molecule is O=C(C1CCNCC1)N1CCOC(c2ccc(F)c(F)c2)C1. The number of ether oxygens (including phenoxy) is 1. The van der Waals surface area contributed by atoms with Gasteiger partial charge in [-0.3, -0.25) is 4.79 Å². The van der Waals surface area contributed by atoms with Crippen molar-refractivity contribution in [2.24, 2.45) is 5.92 Å². The van der Waals surface area contributed by atoms with Gasteiger partial charge in [0.25, 0.3) is 0 Å². The molecule has 0 aliphatic carbocycles. The zero-order chi connectivity index (χ0) is 15.5. The zero-order valence-electron chi connectivity index (χ0n) is 12.4. The Morgan fingerprint density at radius 1 is 1.23 bits per heavy atom. The van der Waals surface area contributed by atoms with Gasteiger partial charge in [-0.25, -0.2) is 8.78 Å². The first-order valence-electron chi connectivity index (χ1n) is 7.71. The van der Waals surface area contributed by atoms with Gasteiger partial charge in [-0.2, -0.15) is 0 Å². The van der Waals surface area contributed by atoms with E-state index in [9.17, 15) is 13.6 Å². The Labute approximate surface area is 128 Å². The number of nitrogens with zero attached hydrogens (tertiary/aromatic N) is 1. The topological polar surface area (TPSA) is 41.6 Å². The summed E-state index contributed by atoms with van der Waals surface area (Å²) in [6.07, 6.45) is 1.31. The van der Waals surface area contributed by atoms with Gasteiger partial charge in [-0.05, 0) is 43.6 Å². The van der Waals surface area contributed by atoms with E-state index in [0.29, 0.717) is 25.3 Å². The molecule has 22 heavy (non-hydrogen) atoms. The van der Waals surface area contributed by atoms with E-state index in [1.807, 2.05) is 0 Å². The van der Waals surface area contributed by atoms with Gasteiger partial charge in [0.1, 0.15) is 6.10 Å². The van der Waals surface area contributed by atoms with Gasteiger partial charge in [0, 0.05) is 12.5 Å². The lowest BCUT2D eigenvalue weighted by Crippen LogP contribution is -2.47. The van der Waals surface area contributed by atoms with Crippen molar-refractivity contribution in [3.63, 3.8) is 0 Å². The van der Waals surface area contributed by atoms with Gasteiger partial charge < -0.3 is 15.0 Å². The van der Waals surface area contributed by atoms with Crippen LogP contribution >= 0.6 is 0 Å². The third-order valence-corrected chi connectivity index (χ3v) is 4.38. The number of nitrogens with one attached hydrogen (secondary N) is 1. The van der Waals surface area contributed by atoms with Crippen molar-refractivity contribution >= 4 is 5.91 Å². The van der Waals surface area contributed by atoms with E-state index in [1.165, 1.54) is 6.07 Å². The molecule has 3 rings (SSSR count). The molecule has 1 unspecified atom stereocenters. The van der Waals surface area contributed by atoms with Crippen LogP contribution in [0.5, 0.6) is 0 Å². The molecule has 120 valence electrons. The Morgan fingerprint density at radius 3 is 2.73 bits per heavy atom. The molecule has 2 fully saturated rings. The molecule has 0 aromatic heterocycles. The maximum absolute atomic E-state index is 13.4. The molecule has 0 saturated carbocycles. The van der Waals surface area contributed by atoms with Gasteiger partial charge >= 0.3 is 0 Å². The van der Waals surface area contributed by atoms with E-state index in [-0.39, 0.29) is 11.8 Å². The molecule has 1 atom stereocenters. The van der Waals surface area contributed by atoms with Gasteiger partial charge in [-0.1, -0.05) is 6.07 Å². The molecule has 0 bridgehead atoms. The highest BCUT2D eigenvalue weighted by atomic mass is 19.2. The normalized spacial score (nSPS) is 23.5. The average Bonchev–Trinajstić information content (AvgIpc) is 2.57. The number of benzene rings is 1. The summed E-state index contributed by atoms with van der Waals surface area (Å²) in [6, 6.07) is 3.77. The largest absolute Gasteiger partial charge is 0.370 e. The van der Waals surface area contributed by atoms with Crippen molar-refractivity contribution in [1.29, 1.82) is 0 Å². The Balaban J connectivity index is 1.68. The number of hydrogen-bond acceptors (Lipinski definition) is 3.